The lowest BCUT2D eigenvalue weighted by atomic mass is 10.2. The van der Waals surface area contributed by atoms with Gasteiger partial charge in [-0.05, 0) is 67.9 Å². The average Bonchev–Trinajstić information content (AvgIpc) is 2.76. The third-order valence-electron chi connectivity index (χ3n) is 4.69. The van der Waals surface area contributed by atoms with E-state index in [2.05, 4.69) is 5.32 Å². The summed E-state index contributed by atoms with van der Waals surface area (Å²) in [4.78, 5) is 12.6. The van der Waals surface area contributed by atoms with Crippen LogP contribution in [-0.4, -0.2) is 34.0 Å². The second-order valence-corrected chi connectivity index (χ2v) is 9.18. The molecule has 0 atom stereocenters. The number of carbonyl (C=O) groups is 1. The van der Waals surface area contributed by atoms with Gasteiger partial charge >= 0.3 is 0 Å². The third kappa shape index (κ3) is 6.07. The van der Waals surface area contributed by atoms with Crippen molar-refractivity contribution in [2.75, 3.05) is 24.0 Å². The Labute approximate surface area is 187 Å². The Morgan fingerprint density at radius 2 is 1.66 bits per heavy atom. The number of carbonyl (C=O) groups excluding carboxylic acids is 1. The first-order valence-corrected chi connectivity index (χ1v) is 11.5. The number of amides is 1. The first-order valence-electron chi connectivity index (χ1n) is 10.1. The number of sulfonamides is 1. The molecule has 0 spiro atoms. The Balaban J connectivity index is 1.70. The van der Waals surface area contributed by atoms with Gasteiger partial charge in [-0.1, -0.05) is 29.8 Å². The first-order chi connectivity index (χ1) is 15.3. The summed E-state index contributed by atoms with van der Waals surface area (Å²) in [6, 6.07) is 18.8. The van der Waals surface area contributed by atoms with E-state index in [0.29, 0.717) is 5.75 Å². The van der Waals surface area contributed by atoms with Gasteiger partial charge in [-0.25, -0.2) is 12.8 Å². The van der Waals surface area contributed by atoms with E-state index in [1.807, 2.05) is 38.1 Å². The molecule has 1 amide bonds. The monoisotopic (exact) mass is 456 g/mol. The van der Waals surface area contributed by atoms with E-state index in [0.717, 1.165) is 27.6 Å². The molecule has 0 radical (unpaired) electrons. The van der Waals surface area contributed by atoms with Crippen molar-refractivity contribution in [3.05, 3.63) is 89.7 Å². The molecule has 1 N–H and O–H groups in total. The number of rotatable bonds is 9. The summed E-state index contributed by atoms with van der Waals surface area (Å²) in [5, 5.41) is 2.67. The quantitative estimate of drug-likeness (QED) is 0.497. The summed E-state index contributed by atoms with van der Waals surface area (Å²) in [7, 11) is -4.04. The highest BCUT2D eigenvalue weighted by atomic mass is 32.2. The van der Waals surface area contributed by atoms with Crippen LogP contribution in [0.4, 0.5) is 10.1 Å². The van der Waals surface area contributed by atoms with Gasteiger partial charge in [-0.15, -0.1) is 0 Å². The molecule has 0 saturated heterocycles. The molecule has 0 saturated carbocycles. The van der Waals surface area contributed by atoms with Crippen molar-refractivity contribution in [1.29, 1.82) is 0 Å². The van der Waals surface area contributed by atoms with Gasteiger partial charge in [0.15, 0.2) is 0 Å². The van der Waals surface area contributed by atoms with Crippen LogP contribution in [0.5, 0.6) is 5.75 Å². The van der Waals surface area contributed by atoms with Crippen LogP contribution >= 0.6 is 0 Å². The topological polar surface area (TPSA) is 75.7 Å². The Hall–Kier alpha value is -3.39. The lowest BCUT2D eigenvalue weighted by Crippen LogP contribution is -2.41. The molecule has 0 aliphatic rings. The molecule has 3 aromatic carbocycles. The van der Waals surface area contributed by atoms with Crippen molar-refractivity contribution >= 4 is 21.6 Å². The molecule has 32 heavy (non-hydrogen) atoms. The van der Waals surface area contributed by atoms with Gasteiger partial charge in [0, 0.05) is 0 Å². The SMILES string of the molecule is Cc1ccc(S(=O)(=O)N(CC(=O)NCCOc2cccc(C)c2)c2ccc(F)cc2)cc1. The molecule has 0 aliphatic heterocycles. The van der Waals surface area contributed by atoms with Gasteiger partial charge in [0.05, 0.1) is 17.1 Å². The van der Waals surface area contributed by atoms with Crippen LogP contribution < -0.4 is 14.4 Å². The van der Waals surface area contributed by atoms with Gasteiger partial charge < -0.3 is 10.1 Å². The number of ether oxygens (including phenoxy) is 1. The summed E-state index contributed by atoms with van der Waals surface area (Å²) < 4.78 is 46.4. The lowest BCUT2D eigenvalue weighted by Gasteiger charge is -2.24. The number of benzene rings is 3. The lowest BCUT2D eigenvalue weighted by molar-refractivity contribution is -0.119. The van der Waals surface area contributed by atoms with Crippen LogP contribution in [0.1, 0.15) is 11.1 Å². The zero-order valence-corrected chi connectivity index (χ0v) is 18.7. The molecule has 0 bridgehead atoms. The smallest absolute Gasteiger partial charge is 0.264 e. The Morgan fingerprint density at radius 3 is 2.31 bits per heavy atom. The van der Waals surface area contributed by atoms with Gasteiger partial charge in [0.2, 0.25) is 5.91 Å². The normalized spacial score (nSPS) is 11.1. The summed E-state index contributed by atoms with van der Waals surface area (Å²) >= 11 is 0. The number of halogens is 1. The summed E-state index contributed by atoms with van der Waals surface area (Å²) in [5.74, 6) is -0.314. The van der Waals surface area contributed by atoms with Gasteiger partial charge in [0.25, 0.3) is 10.0 Å². The number of hydrogen-bond donors (Lipinski definition) is 1. The summed E-state index contributed by atoms with van der Waals surface area (Å²) in [5.41, 5.74) is 2.16. The van der Waals surface area contributed by atoms with Crippen molar-refractivity contribution in [1.82, 2.24) is 5.32 Å². The largest absolute Gasteiger partial charge is 0.492 e. The highest BCUT2D eigenvalue weighted by Gasteiger charge is 2.27. The molecule has 6 nitrogen and oxygen atoms in total. The van der Waals surface area contributed by atoms with Crippen molar-refractivity contribution in [2.24, 2.45) is 0 Å². The summed E-state index contributed by atoms with van der Waals surface area (Å²) in [6.45, 7) is 3.78. The molecule has 0 aliphatic carbocycles. The predicted molar refractivity (Wildman–Crippen MR) is 122 cm³/mol. The minimum atomic E-state index is -4.04. The zero-order chi connectivity index (χ0) is 23.1. The van der Waals surface area contributed by atoms with Gasteiger partial charge in [-0.3, -0.25) is 9.10 Å². The molecule has 0 unspecified atom stereocenters. The minimum absolute atomic E-state index is 0.0444. The van der Waals surface area contributed by atoms with E-state index in [4.69, 9.17) is 4.74 Å². The summed E-state index contributed by atoms with van der Waals surface area (Å²) in [6.07, 6.45) is 0. The maximum atomic E-state index is 13.4. The van der Waals surface area contributed by atoms with Crippen LogP contribution in [-0.2, 0) is 14.8 Å². The second kappa shape index (κ2) is 10.3. The van der Waals surface area contributed by atoms with E-state index in [9.17, 15) is 17.6 Å². The molecule has 3 aromatic rings. The molecule has 8 heteroatoms. The van der Waals surface area contributed by atoms with Crippen LogP contribution in [0.25, 0.3) is 0 Å². The Morgan fingerprint density at radius 1 is 0.969 bits per heavy atom. The first kappa shape index (κ1) is 23.3. The highest BCUT2D eigenvalue weighted by Crippen LogP contribution is 2.24. The maximum Gasteiger partial charge on any atom is 0.264 e. The molecule has 0 fully saturated rings. The fourth-order valence-electron chi connectivity index (χ4n) is 3.01. The van der Waals surface area contributed by atoms with E-state index < -0.39 is 28.3 Å². The number of hydrogen-bond acceptors (Lipinski definition) is 4. The van der Waals surface area contributed by atoms with Crippen LogP contribution in [0.15, 0.2) is 77.7 Å². The molecule has 0 heterocycles. The highest BCUT2D eigenvalue weighted by molar-refractivity contribution is 7.92. The molecule has 3 rings (SSSR count). The van der Waals surface area contributed by atoms with Crippen molar-refractivity contribution < 1.29 is 22.3 Å². The maximum absolute atomic E-state index is 13.4. The standard InChI is InChI=1S/C24H25FN2O4S/c1-18-6-12-23(13-7-18)32(29,30)27(21-10-8-20(25)9-11-21)17-24(28)26-14-15-31-22-5-3-4-19(2)16-22/h3-13,16H,14-15,17H2,1-2H3,(H,26,28). The molecule has 0 aromatic heterocycles. The fourth-order valence-corrected chi connectivity index (χ4v) is 4.43. The van der Waals surface area contributed by atoms with E-state index >= 15 is 0 Å². The second-order valence-electron chi connectivity index (χ2n) is 7.32. The molecular formula is C24H25FN2O4S. The van der Waals surface area contributed by atoms with Crippen molar-refractivity contribution in [3.8, 4) is 5.75 Å². The van der Waals surface area contributed by atoms with E-state index in [1.165, 1.54) is 24.3 Å². The Kier molecular flexibility index (Phi) is 7.48. The van der Waals surface area contributed by atoms with E-state index in [-0.39, 0.29) is 23.7 Å². The zero-order valence-electron chi connectivity index (χ0n) is 17.9. The minimum Gasteiger partial charge on any atom is -0.492 e. The average molecular weight is 457 g/mol. The third-order valence-corrected chi connectivity index (χ3v) is 6.48. The fraction of sp³-hybridized carbons (Fsp3) is 0.208. The number of nitrogens with zero attached hydrogens (tertiary/aromatic N) is 1. The van der Waals surface area contributed by atoms with Crippen molar-refractivity contribution in [3.63, 3.8) is 0 Å². The van der Waals surface area contributed by atoms with Gasteiger partial charge in [-0.2, -0.15) is 0 Å². The van der Waals surface area contributed by atoms with Gasteiger partial charge in [0.1, 0.15) is 24.7 Å². The number of nitrogens with one attached hydrogen (secondary N) is 1. The van der Waals surface area contributed by atoms with Crippen LogP contribution in [0.3, 0.4) is 0 Å². The van der Waals surface area contributed by atoms with Crippen LogP contribution in [0, 0.1) is 19.7 Å². The van der Waals surface area contributed by atoms with E-state index in [1.54, 1.807) is 12.1 Å². The molecular weight excluding hydrogens is 431 g/mol. The molecule has 168 valence electrons. The van der Waals surface area contributed by atoms with Crippen molar-refractivity contribution in [2.45, 2.75) is 18.7 Å². The van der Waals surface area contributed by atoms with Crippen LogP contribution in [0.2, 0.25) is 0 Å². The number of aryl methyl sites for hydroxylation is 2. The predicted octanol–water partition coefficient (Wildman–Crippen LogP) is 3.83. The Bertz CT molecular complexity index is 1160. The number of anilines is 1.